The van der Waals surface area contributed by atoms with Crippen LogP contribution in [0.1, 0.15) is 21.5 Å². The van der Waals surface area contributed by atoms with Crippen LogP contribution in [0.2, 0.25) is 0 Å². The Bertz CT molecular complexity index is 741. The molecule has 1 amide bonds. The first-order chi connectivity index (χ1) is 10.0. The van der Waals surface area contributed by atoms with Crippen molar-refractivity contribution < 1.29 is 14.3 Å². The van der Waals surface area contributed by atoms with E-state index in [1.807, 2.05) is 6.07 Å². The largest absolute Gasteiger partial charge is 0.507 e. The molecule has 4 nitrogen and oxygen atoms in total. The summed E-state index contributed by atoms with van der Waals surface area (Å²) in [5.74, 6) is -1.24. The number of hydrogen-bond donors (Lipinski definition) is 2. The molecule has 2 N–H and O–H groups in total. The standard InChI is InChI=1S/C15H10BrFN2O2/c16-11-3-4-12(14(20)6-11)15(21)19-8-10-2-1-9(7-18)5-13(10)17/h1-6,20H,8H2,(H,19,21). The predicted octanol–water partition coefficient (Wildman–Crippen LogP) is 3.10. The minimum atomic E-state index is -0.561. The van der Waals surface area contributed by atoms with Crippen molar-refractivity contribution in [3.8, 4) is 11.8 Å². The summed E-state index contributed by atoms with van der Waals surface area (Å²) in [6.07, 6.45) is 0. The zero-order valence-electron chi connectivity index (χ0n) is 10.7. The molecular weight excluding hydrogens is 339 g/mol. The molecular formula is C15H10BrFN2O2. The van der Waals surface area contributed by atoms with Crippen LogP contribution in [-0.2, 0) is 6.54 Å². The molecule has 0 fully saturated rings. The first kappa shape index (κ1) is 15.0. The fourth-order valence-electron chi connectivity index (χ4n) is 1.73. The van der Waals surface area contributed by atoms with E-state index < -0.39 is 11.7 Å². The first-order valence-corrected chi connectivity index (χ1v) is 6.76. The van der Waals surface area contributed by atoms with Gasteiger partial charge in [-0.15, -0.1) is 0 Å². The molecule has 0 heterocycles. The second-order valence-electron chi connectivity index (χ2n) is 4.26. The van der Waals surface area contributed by atoms with Gasteiger partial charge in [0.15, 0.2) is 0 Å². The Hall–Kier alpha value is -2.39. The van der Waals surface area contributed by atoms with E-state index in [4.69, 9.17) is 5.26 Å². The molecule has 0 radical (unpaired) electrons. The van der Waals surface area contributed by atoms with Crippen LogP contribution in [-0.4, -0.2) is 11.0 Å². The molecule has 2 aromatic carbocycles. The maximum atomic E-state index is 13.7. The van der Waals surface area contributed by atoms with Crippen LogP contribution in [0.4, 0.5) is 4.39 Å². The maximum Gasteiger partial charge on any atom is 0.255 e. The molecule has 0 atom stereocenters. The van der Waals surface area contributed by atoms with Crippen molar-refractivity contribution in [1.82, 2.24) is 5.32 Å². The Morgan fingerprint density at radius 1 is 1.33 bits per heavy atom. The number of benzene rings is 2. The summed E-state index contributed by atoms with van der Waals surface area (Å²) in [6, 6.07) is 10.3. The third kappa shape index (κ3) is 3.58. The quantitative estimate of drug-likeness (QED) is 0.894. The molecule has 0 aliphatic carbocycles. The highest BCUT2D eigenvalue weighted by atomic mass is 79.9. The Balaban J connectivity index is 2.09. The van der Waals surface area contributed by atoms with Gasteiger partial charge < -0.3 is 10.4 Å². The van der Waals surface area contributed by atoms with E-state index in [1.165, 1.54) is 24.3 Å². The normalized spacial score (nSPS) is 9.95. The van der Waals surface area contributed by atoms with Crippen LogP contribution in [0.3, 0.4) is 0 Å². The second-order valence-corrected chi connectivity index (χ2v) is 5.18. The molecule has 0 bridgehead atoms. The summed E-state index contributed by atoms with van der Waals surface area (Å²) in [7, 11) is 0. The molecule has 0 saturated carbocycles. The lowest BCUT2D eigenvalue weighted by molar-refractivity contribution is 0.0948. The van der Waals surface area contributed by atoms with E-state index in [0.29, 0.717) is 4.47 Å². The van der Waals surface area contributed by atoms with Gasteiger partial charge in [-0.25, -0.2) is 4.39 Å². The van der Waals surface area contributed by atoms with Crippen LogP contribution < -0.4 is 5.32 Å². The van der Waals surface area contributed by atoms with E-state index in [9.17, 15) is 14.3 Å². The van der Waals surface area contributed by atoms with E-state index in [-0.39, 0.29) is 29.0 Å². The molecule has 0 aliphatic heterocycles. The van der Waals surface area contributed by atoms with Gasteiger partial charge in [0.1, 0.15) is 11.6 Å². The van der Waals surface area contributed by atoms with Crippen LogP contribution in [0.25, 0.3) is 0 Å². The lowest BCUT2D eigenvalue weighted by atomic mass is 10.1. The highest BCUT2D eigenvalue weighted by Gasteiger charge is 2.12. The molecule has 0 aliphatic rings. The first-order valence-electron chi connectivity index (χ1n) is 5.96. The van der Waals surface area contributed by atoms with Gasteiger partial charge in [0.25, 0.3) is 5.91 Å². The van der Waals surface area contributed by atoms with Crippen LogP contribution >= 0.6 is 15.9 Å². The molecule has 21 heavy (non-hydrogen) atoms. The number of nitriles is 1. The van der Waals surface area contributed by atoms with Crippen molar-refractivity contribution >= 4 is 21.8 Å². The number of hydrogen-bond acceptors (Lipinski definition) is 3. The number of rotatable bonds is 3. The number of nitrogens with zero attached hydrogens (tertiary/aromatic N) is 1. The SMILES string of the molecule is N#Cc1ccc(CNC(=O)c2ccc(Br)cc2O)c(F)c1. The van der Waals surface area contributed by atoms with Gasteiger partial charge in [0, 0.05) is 16.6 Å². The van der Waals surface area contributed by atoms with Crippen molar-refractivity contribution in [3.63, 3.8) is 0 Å². The number of phenols is 1. The fourth-order valence-corrected chi connectivity index (χ4v) is 2.08. The van der Waals surface area contributed by atoms with Crippen LogP contribution in [0.5, 0.6) is 5.75 Å². The number of phenolic OH excluding ortho intramolecular Hbond substituents is 1. The zero-order valence-corrected chi connectivity index (χ0v) is 12.3. The van der Waals surface area contributed by atoms with E-state index >= 15 is 0 Å². The van der Waals surface area contributed by atoms with Gasteiger partial charge in [-0.05, 0) is 30.3 Å². The summed E-state index contributed by atoms with van der Waals surface area (Å²) in [5.41, 5.74) is 0.583. The van der Waals surface area contributed by atoms with Crippen molar-refractivity contribution in [2.24, 2.45) is 0 Å². The van der Waals surface area contributed by atoms with Crippen LogP contribution in [0.15, 0.2) is 40.9 Å². The minimum Gasteiger partial charge on any atom is -0.507 e. The number of carbonyl (C=O) groups excluding carboxylic acids is 1. The molecule has 6 heteroatoms. The van der Waals surface area contributed by atoms with Gasteiger partial charge in [-0.1, -0.05) is 22.0 Å². The number of amides is 1. The average molecular weight is 349 g/mol. The van der Waals surface area contributed by atoms with Crippen molar-refractivity contribution in [3.05, 3.63) is 63.4 Å². The van der Waals surface area contributed by atoms with Crippen molar-refractivity contribution in [1.29, 1.82) is 5.26 Å². The monoisotopic (exact) mass is 348 g/mol. The number of nitrogens with one attached hydrogen (secondary N) is 1. The summed E-state index contributed by atoms with van der Waals surface area (Å²) in [5, 5.41) is 20.9. The minimum absolute atomic E-state index is 0.0358. The predicted molar refractivity (Wildman–Crippen MR) is 78.1 cm³/mol. The van der Waals surface area contributed by atoms with Gasteiger partial charge in [-0.2, -0.15) is 5.26 Å². The Labute approximate surface area is 129 Å². The zero-order chi connectivity index (χ0) is 15.4. The van der Waals surface area contributed by atoms with Crippen molar-refractivity contribution in [2.45, 2.75) is 6.54 Å². The summed E-state index contributed by atoms with van der Waals surface area (Å²) < 4.78 is 14.3. The highest BCUT2D eigenvalue weighted by Crippen LogP contribution is 2.22. The summed E-state index contributed by atoms with van der Waals surface area (Å²) >= 11 is 3.18. The number of halogens is 2. The smallest absolute Gasteiger partial charge is 0.255 e. The Morgan fingerprint density at radius 3 is 2.71 bits per heavy atom. The third-order valence-electron chi connectivity index (χ3n) is 2.83. The Kier molecular flexibility index (Phi) is 4.55. The van der Waals surface area contributed by atoms with Gasteiger partial charge in [0.05, 0.1) is 17.2 Å². The van der Waals surface area contributed by atoms with Gasteiger partial charge >= 0.3 is 0 Å². The lowest BCUT2D eigenvalue weighted by Crippen LogP contribution is -2.23. The molecule has 0 saturated heterocycles. The number of carbonyl (C=O) groups is 1. The topological polar surface area (TPSA) is 73.1 Å². The fraction of sp³-hybridized carbons (Fsp3) is 0.0667. The summed E-state index contributed by atoms with van der Waals surface area (Å²) in [4.78, 5) is 11.9. The molecule has 0 aromatic heterocycles. The Morgan fingerprint density at radius 2 is 2.10 bits per heavy atom. The van der Waals surface area contributed by atoms with Gasteiger partial charge in [-0.3, -0.25) is 4.79 Å². The molecule has 2 aromatic rings. The van der Waals surface area contributed by atoms with Crippen molar-refractivity contribution in [2.75, 3.05) is 0 Å². The van der Waals surface area contributed by atoms with Gasteiger partial charge in [0.2, 0.25) is 0 Å². The van der Waals surface area contributed by atoms with Crippen LogP contribution in [0, 0.1) is 17.1 Å². The molecule has 106 valence electrons. The highest BCUT2D eigenvalue weighted by molar-refractivity contribution is 9.10. The van der Waals surface area contributed by atoms with E-state index in [0.717, 1.165) is 6.07 Å². The third-order valence-corrected chi connectivity index (χ3v) is 3.32. The number of aromatic hydroxyl groups is 1. The maximum absolute atomic E-state index is 13.7. The molecule has 0 spiro atoms. The molecule has 0 unspecified atom stereocenters. The van der Waals surface area contributed by atoms with E-state index in [1.54, 1.807) is 6.07 Å². The lowest BCUT2D eigenvalue weighted by Gasteiger charge is -2.08. The summed E-state index contributed by atoms with van der Waals surface area (Å²) in [6.45, 7) is -0.0358. The van der Waals surface area contributed by atoms with E-state index in [2.05, 4.69) is 21.2 Å². The second kappa shape index (κ2) is 6.37. The molecule has 2 rings (SSSR count). The average Bonchev–Trinajstić information content (AvgIpc) is 2.45.